The molecule has 1 saturated heterocycles. The van der Waals surface area contributed by atoms with Crippen LogP contribution >= 0.6 is 0 Å². The van der Waals surface area contributed by atoms with Crippen LogP contribution in [0.3, 0.4) is 0 Å². The van der Waals surface area contributed by atoms with Crippen LogP contribution < -0.4 is 5.32 Å². The molecule has 1 heterocycles. The van der Waals surface area contributed by atoms with Gasteiger partial charge in [0.15, 0.2) is 0 Å². The Balaban J connectivity index is 1.99. The first kappa shape index (κ1) is 14.0. The number of benzene rings is 1. The van der Waals surface area contributed by atoms with E-state index in [0.29, 0.717) is 0 Å². The van der Waals surface area contributed by atoms with Gasteiger partial charge >= 0.3 is 11.9 Å². The minimum absolute atomic E-state index is 0.222. The second kappa shape index (κ2) is 5.32. The number of hydrogen-bond acceptors (Lipinski definition) is 5. The molecule has 0 bridgehead atoms. The number of rotatable bonds is 3. The SMILES string of the molecule is CC1(C)OC(=O)C(C(=O)NCc2ccccc2)C(=O)O1. The van der Waals surface area contributed by atoms with E-state index in [-0.39, 0.29) is 6.54 Å². The van der Waals surface area contributed by atoms with Crippen molar-refractivity contribution in [2.24, 2.45) is 5.92 Å². The van der Waals surface area contributed by atoms with E-state index in [1.807, 2.05) is 30.3 Å². The highest BCUT2D eigenvalue weighted by atomic mass is 16.7. The zero-order valence-electron chi connectivity index (χ0n) is 11.2. The van der Waals surface area contributed by atoms with E-state index in [2.05, 4.69) is 5.32 Å². The van der Waals surface area contributed by atoms with E-state index in [1.165, 1.54) is 13.8 Å². The van der Waals surface area contributed by atoms with E-state index in [4.69, 9.17) is 9.47 Å². The molecule has 1 N–H and O–H groups in total. The fraction of sp³-hybridized carbons (Fsp3) is 0.357. The molecular weight excluding hydrogens is 262 g/mol. The smallest absolute Gasteiger partial charge is 0.333 e. The molecular formula is C14H15NO5. The summed E-state index contributed by atoms with van der Waals surface area (Å²) >= 11 is 0. The second-order valence-electron chi connectivity index (χ2n) is 4.88. The maximum Gasteiger partial charge on any atom is 0.333 e. The first-order valence-corrected chi connectivity index (χ1v) is 6.16. The molecule has 2 rings (SSSR count). The molecule has 1 aromatic carbocycles. The second-order valence-corrected chi connectivity index (χ2v) is 4.88. The zero-order valence-corrected chi connectivity index (χ0v) is 11.2. The molecule has 0 aliphatic carbocycles. The van der Waals surface area contributed by atoms with Crippen molar-refractivity contribution in [2.45, 2.75) is 26.2 Å². The molecule has 1 amide bonds. The summed E-state index contributed by atoms with van der Waals surface area (Å²) in [5.74, 6) is -5.40. The summed E-state index contributed by atoms with van der Waals surface area (Å²) in [5, 5.41) is 2.52. The first-order valence-electron chi connectivity index (χ1n) is 6.16. The van der Waals surface area contributed by atoms with Gasteiger partial charge in [0.2, 0.25) is 11.8 Å². The fourth-order valence-corrected chi connectivity index (χ4v) is 1.82. The van der Waals surface area contributed by atoms with E-state index >= 15 is 0 Å². The molecule has 6 heteroatoms. The van der Waals surface area contributed by atoms with Crippen molar-refractivity contribution in [3.05, 3.63) is 35.9 Å². The average molecular weight is 277 g/mol. The number of amides is 1. The predicted octanol–water partition coefficient (Wildman–Crippen LogP) is 0.755. The van der Waals surface area contributed by atoms with Crippen LogP contribution in [-0.2, 0) is 30.4 Å². The quantitative estimate of drug-likeness (QED) is 0.651. The average Bonchev–Trinajstić information content (AvgIpc) is 2.35. The molecule has 0 unspecified atom stereocenters. The number of cyclic esters (lactones) is 2. The summed E-state index contributed by atoms with van der Waals surface area (Å²) in [4.78, 5) is 35.3. The molecule has 6 nitrogen and oxygen atoms in total. The first-order chi connectivity index (χ1) is 9.39. The van der Waals surface area contributed by atoms with Gasteiger partial charge in [0.05, 0.1) is 0 Å². The monoisotopic (exact) mass is 277 g/mol. The summed E-state index contributed by atoms with van der Waals surface area (Å²) in [6.07, 6.45) is 0. The van der Waals surface area contributed by atoms with Crippen LogP contribution in [0, 0.1) is 5.92 Å². The Morgan fingerprint density at radius 2 is 1.70 bits per heavy atom. The van der Waals surface area contributed by atoms with Crippen LogP contribution in [0.1, 0.15) is 19.4 Å². The van der Waals surface area contributed by atoms with Crippen molar-refractivity contribution in [3.8, 4) is 0 Å². The third-order valence-electron chi connectivity index (χ3n) is 2.74. The van der Waals surface area contributed by atoms with Crippen molar-refractivity contribution >= 4 is 17.8 Å². The largest absolute Gasteiger partial charge is 0.422 e. The molecule has 0 radical (unpaired) electrons. The highest BCUT2D eigenvalue weighted by molar-refractivity contribution is 6.15. The van der Waals surface area contributed by atoms with Gasteiger partial charge in [-0.15, -0.1) is 0 Å². The molecule has 1 aliphatic rings. The minimum Gasteiger partial charge on any atom is -0.422 e. The molecule has 1 fully saturated rings. The topological polar surface area (TPSA) is 81.7 Å². The van der Waals surface area contributed by atoms with Crippen LogP contribution in [-0.4, -0.2) is 23.6 Å². The number of ether oxygens (including phenoxy) is 2. The van der Waals surface area contributed by atoms with Gasteiger partial charge in [0.1, 0.15) is 0 Å². The van der Waals surface area contributed by atoms with Gasteiger partial charge in [-0.3, -0.25) is 14.4 Å². The Labute approximate surface area is 116 Å². The van der Waals surface area contributed by atoms with E-state index in [9.17, 15) is 14.4 Å². The van der Waals surface area contributed by atoms with Gasteiger partial charge in [-0.05, 0) is 5.56 Å². The maximum atomic E-state index is 11.9. The van der Waals surface area contributed by atoms with Gasteiger partial charge in [-0.1, -0.05) is 30.3 Å². The predicted molar refractivity (Wildman–Crippen MR) is 68.0 cm³/mol. The van der Waals surface area contributed by atoms with Gasteiger partial charge < -0.3 is 14.8 Å². The Kier molecular flexibility index (Phi) is 3.74. The lowest BCUT2D eigenvalue weighted by atomic mass is 10.1. The minimum atomic E-state index is -1.56. The molecule has 20 heavy (non-hydrogen) atoms. The lowest BCUT2D eigenvalue weighted by molar-refractivity contribution is -0.238. The van der Waals surface area contributed by atoms with E-state index in [0.717, 1.165) is 5.56 Å². The maximum absolute atomic E-state index is 11.9. The normalized spacial score (nSPS) is 18.1. The number of nitrogens with one attached hydrogen (secondary N) is 1. The van der Waals surface area contributed by atoms with Crippen LogP contribution in [0.25, 0.3) is 0 Å². The number of carbonyl (C=O) groups excluding carboxylic acids is 3. The van der Waals surface area contributed by atoms with Crippen LogP contribution in [0.4, 0.5) is 0 Å². The highest BCUT2D eigenvalue weighted by Gasteiger charge is 2.47. The Morgan fingerprint density at radius 1 is 1.15 bits per heavy atom. The van der Waals surface area contributed by atoms with E-state index in [1.54, 1.807) is 0 Å². The van der Waals surface area contributed by atoms with Crippen molar-refractivity contribution in [1.29, 1.82) is 0 Å². The summed E-state index contributed by atoms with van der Waals surface area (Å²) in [6, 6.07) is 9.14. The highest BCUT2D eigenvalue weighted by Crippen LogP contribution is 2.23. The Hall–Kier alpha value is -2.37. The van der Waals surface area contributed by atoms with Crippen molar-refractivity contribution in [3.63, 3.8) is 0 Å². The van der Waals surface area contributed by atoms with Crippen molar-refractivity contribution in [2.75, 3.05) is 0 Å². The third kappa shape index (κ3) is 3.14. The van der Waals surface area contributed by atoms with E-state index < -0.39 is 29.6 Å². The summed E-state index contributed by atoms with van der Waals surface area (Å²) in [5.41, 5.74) is 0.860. The Bertz CT molecular complexity index is 518. The van der Waals surface area contributed by atoms with Gasteiger partial charge in [-0.25, -0.2) is 0 Å². The number of carbonyl (C=O) groups is 3. The summed E-state index contributed by atoms with van der Waals surface area (Å²) in [7, 11) is 0. The fourth-order valence-electron chi connectivity index (χ4n) is 1.82. The molecule has 0 aromatic heterocycles. The van der Waals surface area contributed by atoms with Crippen LogP contribution in [0.5, 0.6) is 0 Å². The third-order valence-corrected chi connectivity index (χ3v) is 2.74. The van der Waals surface area contributed by atoms with Crippen molar-refractivity contribution < 1.29 is 23.9 Å². The number of esters is 2. The standard InChI is InChI=1S/C14H15NO5/c1-14(2)19-12(17)10(13(18)20-14)11(16)15-8-9-6-4-3-5-7-9/h3-7,10H,8H2,1-2H3,(H,15,16). The molecule has 0 atom stereocenters. The van der Waals surface area contributed by atoms with Gasteiger partial charge in [0, 0.05) is 20.4 Å². The lowest BCUT2D eigenvalue weighted by Gasteiger charge is -2.32. The molecule has 1 aliphatic heterocycles. The van der Waals surface area contributed by atoms with Crippen LogP contribution in [0.15, 0.2) is 30.3 Å². The molecule has 1 aromatic rings. The van der Waals surface area contributed by atoms with Gasteiger partial charge in [0.25, 0.3) is 5.79 Å². The molecule has 0 saturated carbocycles. The number of hydrogen-bond donors (Lipinski definition) is 1. The summed E-state index contributed by atoms with van der Waals surface area (Å²) in [6.45, 7) is 3.09. The molecule has 0 spiro atoms. The zero-order chi connectivity index (χ0) is 14.8. The van der Waals surface area contributed by atoms with Gasteiger partial charge in [-0.2, -0.15) is 0 Å². The van der Waals surface area contributed by atoms with Crippen molar-refractivity contribution in [1.82, 2.24) is 5.32 Å². The Morgan fingerprint density at radius 3 is 2.25 bits per heavy atom. The lowest BCUT2D eigenvalue weighted by Crippen LogP contribution is -2.51. The van der Waals surface area contributed by atoms with Crippen LogP contribution in [0.2, 0.25) is 0 Å². The summed E-state index contributed by atoms with van der Waals surface area (Å²) < 4.78 is 9.77. The molecule has 106 valence electrons.